The molecule has 1 saturated heterocycles. The number of rotatable bonds is 8. The van der Waals surface area contributed by atoms with Crippen LogP contribution in [0.4, 0.5) is 5.69 Å². The first kappa shape index (κ1) is 19.5. The van der Waals surface area contributed by atoms with Gasteiger partial charge in [0.15, 0.2) is 5.96 Å². The Morgan fingerprint density at radius 2 is 1.92 bits per heavy atom. The normalized spacial score (nSPS) is 17.4. The third-order valence-corrected chi connectivity index (χ3v) is 4.46. The Kier molecular flexibility index (Phi) is 8.55. The van der Waals surface area contributed by atoms with Gasteiger partial charge in [-0.2, -0.15) is 0 Å². The van der Waals surface area contributed by atoms with Crippen LogP contribution in [0.5, 0.6) is 0 Å². The number of hydrogen-bond donors (Lipinski definition) is 2. The van der Waals surface area contributed by atoms with E-state index in [1.165, 1.54) is 5.69 Å². The van der Waals surface area contributed by atoms with Crippen molar-refractivity contribution in [2.75, 3.05) is 64.9 Å². The lowest BCUT2D eigenvalue weighted by Gasteiger charge is -2.36. The van der Waals surface area contributed by atoms with Gasteiger partial charge in [-0.1, -0.05) is 18.2 Å². The lowest BCUT2D eigenvalue weighted by molar-refractivity contribution is 0.179. The van der Waals surface area contributed by atoms with Crippen LogP contribution in [0, 0.1) is 0 Å². The number of nitrogens with one attached hydrogen (secondary N) is 2. The smallest absolute Gasteiger partial charge is 0.191 e. The summed E-state index contributed by atoms with van der Waals surface area (Å²) in [7, 11) is 3.52. The van der Waals surface area contributed by atoms with Crippen molar-refractivity contribution in [1.29, 1.82) is 0 Å². The molecule has 1 aromatic rings. The quantitative estimate of drug-likeness (QED) is 0.423. The maximum Gasteiger partial charge on any atom is 0.191 e. The van der Waals surface area contributed by atoms with Crippen LogP contribution >= 0.6 is 0 Å². The molecular formula is C19H33N5O. The molecule has 0 spiro atoms. The summed E-state index contributed by atoms with van der Waals surface area (Å²) in [6.07, 6.45) is 1.12. The molecule has 6 heteroatoms. The fourth-order valence-electron chi connectivity index (χ4n) is 3.10. The maximum atomic E-state index is 5.14. The molecule has 1 fully saturated rings. The Morgan fingerprint density at radius 1 is 1.20 bits per heavy atom. The van der Waals surface area contributed by atoms with Crippen LogP contribution in [0.3, 0.4) is 0 Å². The summed E-state index contributed by atoms with van der Waals surface area (Å²) in [4.78, 5) is 9.27. The zero-order chi connectivity index (χ0) is 17.9. The Labute approximate surface area is 152 Å². The minimum atomic E-state index is 0.252. The van der Waals surface area contributed by atoms with Crippen molar-refractivity contribution in [2.45, 2.75) is 19.4 Å². The number of aliphatic imine (C=N–C) groups is 1. The van der Waals surface area contributed by atoms with Gasteiger partial charge in [0.05, 0.1) is 6.61 Å². The highest BCUT2D eigenvalue weighted by molar-refractivity contribution is 5.79. The number of para-hydroxylation sites is 1. The molecule has 1 aliphatic heterocycles. The average molecular weight is 348 g/mol. The zero-order valence-corrected chi connectivity index (χ0v) is 15.9. The van der Waals surface area contributed by atoms with Gasteiger partial charge in [0.1, 0.15) is 0 Å². The summed E-state index contributed by atoms with van der Waals surface area (Å²) >= 11 is 0. The van der Waals surface area contributed by atoms with E-state index in [1.807, 2.05) is 0 Å². The molecule has 1 heterocycles. The van der Waals surface area contributed by atoms with E-state index in [0.717, 1.165) is 51.6 Å². The number of piperazine rings is 1. The summed E-state index contributed by atoms with van der Waals surface area (Å²) in [5, 5.41) is 6.70. The Hall–Kier alpha value is -1.79. The summed E-state index contributed by atoms with van der Waals surface area (Å²) in [5.41, 5.74) is 1.34. The van der Waals surface area contributed by atoms with E-state index in [2.05, 4.69) is 62.7 Å². The molecule has 0 saturated carbocycles. The minimum absolute atomic E-state index is 0.252. The highest BCUT2D eigenvalue weighted by atomic mass is 16.5. The summed E-state index contributed by atoms with van der Waals surface area (Å²) in [6.45, 7) is 9.29. The van der Waals surface area contributed by atoms with E-state index in [-0.39, 0.29) is 6.04 Å². The molecule has 1 aromatic carbocycles. The van der Waals surface area contributed by atoms with Gasteiger partial charge < -0.3 is 20.3 Å². The standard InChI is InChI=1S/C19H33N5O/c1-17(16-25-3)22-19(20-2)21-10-7-11-23-12-14-24(15-13-23)18-8-5-4-6-9-18/h4-6,8-9,17H,7,10-16H2,1-3H3,(H2,20,21,22). The number of hydrogen-bond acceptors (Lipinski definition) is 4. The van der Waals surface area contributed by atoms with Crippen molar-refractivity contribution in [2.24, 2.45) is 4.99 Å². The molecule has 0 aliphatic carbocycles. The second-order valence-corrected chi connectivity index (χ2v) is 6.52. The van der Waals surface area contributed by atoms with Gasteiger partial charge in [-0.05, 0) is 32.0 Å². The molecule has 2 rings (SSSR count). The van der Waals surface area contributed by atoms with Crippen molar-refractivity contribution in [3.05, 3.63) is 30.3 Å². The van der Waals surface area contributed by atoms with Crippen LogP contribution in [0.2, 0.25) is 0 Å². The van der Waals surface area contributed by atoms with Gasteiger partial charge in [0, 0.05) is 58.6 Å². The highest BCUT2D eigenvalue weighted by Crippen LogP contribution is 2.15. The van der Waals surface area contributed by atoms with E-state index >= 15 is 0 Å². The largest absolute Gasteiger partial charge is 0.383 e. The highest BCUT2D eigenvalue weighted by Gasteiger charge is 2.16. The molecule has 0 radical (unpaired) electrons. The van der Waals surface area contributed by atoms with Gasteiger partial charge in [-0.25, -0.2) is 0 Å². The molecule has 25 heavy (non-hydrogen) atoms. The fourth-order valence-corrected chi connectivity index (χ4v) is 3.10. The van der Waals surface area contributed by atoms with E-state index in [1.54, 1.807) is 14.2 Å². The van der Waals surface area contributed by atoms with Crippen LogP contribution in [-0.2, 0) is 4.74 Å². The summed E-state index contributed by atoms with van der Waals surface area (Å²) in [6, 6.07) is 10.9. The lowest BCUT2D eigenvalue weighted by Crippen LogP contribution is -2.47. The molecule has 6 nitrogen and oxygen atoms in total. The van der Waals surface area contributed by atoms with Gasteiger partial charge in [0.2, 0.25) is 0 Å². The first-order valence-corrected chi connectivity index (χ1v) is 9.21. The molecule has 1 aliphatic rings. The molecule has 0 aromatic heterocycles. The summed E-state index contributed by atoms with van der Waals surface area (Å²) < 4.78 is 5.14. The number of anilines is 1. The maximum absolute atomic E-state index is 5.14. The predicted molar refractivity (Wildman–Crippen MR) is 106 cm³/mol. The van der Waals surface area contributed by atoms with Crippen LogP contribution in [0.1, 0.15) is 13.3 Å². The Bertz CT molecular complexity index is 500. The monoisotopic (exact) mass is 347 g/mol. The molecule has 0 bridgehead atoms. The van der Waals surface area contributed by atoms with Crippen LogP contribution in [0.15, 0.2) is 35.3 Å². The number of methoxy groups -OCH3 is 1. The fraction of sp³-hybridized carbons (Fsp3) is 0.632. The average Bonchev–Trinajstić information content (AvgIpc) is 2.65. The lowest BCUT2D eigenvalue weighted by atomic mass is 10.2. The second kappa shape index (κ2) is 10.9. The minimum Gasteiger partial charge on any atom is -0.383 e. The van der Waals surface area contributed by atoms with E-state index in [4.69, 9.17) is 4.74 Å². The van der Waals surface area contributed by atoms with Gasteiger partial charge in [-0.15, -0.1) is 0 Å². The zero-order valence-electron chi connectivity index (χ0n) is 15.9. The Balaban J connectivity index is 1.60. The molecule has 140 valence electrons. The van der Waals surface area contributed by atoms with Crippen LogP contribution in [-0.4, -0.2) is 76.9 Å². The molecular weight excluding hydrogens is 314 g/mol. The van der Waals surface area contributed by atoms with E-state index in [0.29, 0.717) is 6.61 Å². The SMILES string of the molecule is CN=C(NCCCN1CCN(c2ccccc2)CC1)NC(C)COC. The number of ether oxygens (including phenoxy) is 1. The number of guanidine groups is 1. The molecule has 1 unspecified atom stereocenters. The van der Waals surface area contributed by atoms with Gasteiger partial charge in [-0.3, -0.25) is 9.89 Å². The summed E-state index contributed by atoms with van der Waals surface area (Å²) in [5.74, 6) is 0.846. The van der Waals surface area contributed by atoms with Crippen molar-refractivity contribution < 1.29 is 4.74 Å². The van der Waals surface area contributed by atoms with Crippen LogP contribution in [0.25, 0.3) is 0 Å². The predicted octanol–water partition coefficient (Wildman–Crippen LogP) is 1.40. The van der Waals surface area contributed by atoms with Crippen molar-refractivity contribution in [1.82, 2.24) is 15.5 Å². The molecule has 2 N–H and O–H groups in total. The molecule has 0 amide bonds. The van der Waals surface area contributed by atoms with E-state index in [9.17, 15) is 0 Å². The van der Waals surface area contributed by atoms with Crippen LogP contribution < -0.4 is 15.5 Å². The topological polar surface area (TPSA) is 52.1 Å². The number of nitrogens with zero attached hydrogens (tertiary/aromatic N) is 3. The third kappa shape index (κ3) is 6.92. The molecule has 1 atom stereocenters. The van der Waals surface area contributed by atoms with Gasteiger partial charge in [0.25, 0.3) is 0 Å². The third-order valence-electron chi connectivity index (χ3n) is 4.46. The Morgan fingerprint density at radius 3 is 2.56 bits per heavy atom. The first-order valence-electron chi connectivity index (χ1n) is 9.21. The van der Waals surface area contributed by atoms with E-state index < -0.39 is 0 Å². The van der Waals surface area contributed by atoms with Crippen molar-refractivity contribution in [3.63, 3.8) is 0 Å². The van der Waals surface area contributed by atoms with Crippen molar-refractivity contribution in [3.8, 4) is 0 Å². The second-order valence-electron chi connectivity index (χ2n) is 6.52. The van der Waals surface area contributed by atoms with Crippen molar-refractivity contribution >= 4 is 11.6 Å². The van der Waals surface area contributed by atoms with Gasteiger partial charge >= 0.3 is 0 Å². The first-order chi connectivity index (χ1) is 12.2. The number of benzene rings is 1.